The van der Waals surface area contributed by atoms with Crippen LogP contribution in [0, 0.1) is 0 Å². The van der Waals surface area contributed by atoms with Crippen molar-refractivity contribution in [2.75, 3.05) is 4.72 Å². The van der Waals surface area contributed by atoms with Crippen molar-refractivity contribution in [1.82, 2.24) is 9.78 Å². The van der Waals surface area contributed by atoms with Gasteiger partial charge < -0.3 is 5.73 Å². The number of nitrogens with one attached hydrogen (secondary N) is 1. The molecule has 0 bridgehead atoms. The normalized spacial score (nSPS) is 11.8. The van der Waals surface area contributed by atoms with E-state index < -0.39 is 10.0 Å². The summed E-state index contributed by atoms with van der Waals surface area (Å²) in [4.78, 5) is 0.200. The van der Waals surface area contributed by atoms with Gasteiger partial charge in [0.2, 0.25) is 0 Å². The van der Waals surface area contributed by atoms with Crippen LogP contribution in [0.3, 0.4) is 0 Å². The molecule has 108 valence electrons. The highest BCUT2D eigenvalue weighted by Crippen LogP contribution is 2.18. The summed E-state index contributed by atoms with van der Waals surface area (Å²) in [5.41, 5.74) is 6.38. The fourth-order valence-electron chi connectivity index (χ4n) is 1.81. The van der Waals surface area contributed by atoms with Crippen LogP contribution in [0.1, 0.15) is 25.5 Å². The van der Waals surface area contributed by atoms with E-state index in [-0.39, 0.29) is 10.9 Å². The molecule has 0 saturated carbocycles. The lowest BCUT2D eigenvalue weighted by atomic mass is 10.2. The molecule has 2 rings (SSSR count). The standard InChI is InChI=1S/C13H18N4O2S/c1-10(2)17-13(7-8-15-17)16-20(18,19)12-5-3-11(9-14)4-6-12/h3-8,10,16H,9,14H2,1-2H3. The Labute approximate surface area is 118 Å². The van der Waals surface area contributed by atoms with Crippen LogP contribution in [0.5, 0.6) is 0 Å². The molecular formula is C13H18N4O2S. The summed E-state index contributed by atoms with van der Waals surface area (Å²) in [6.45, 7) is 4.25. The molecule has 3 N–H and O–H groups in total. The lowest BCUT2D eigenvalue weighted by Crippen LogP contribution is -2.17. The minimum absolute atomic E-state index is 0.0716. The highest BCUT2D eigenvalue weighted by atomic mass is 32.2. The van der Waals surface area contributed by atoms with Gasteiger partial charge in [-0.25, -0.2) is 13.1 Å². The Morgan fingerprint density at radius 3 is 2.45 bits per heavy atom. The lowest BCUT2D eigenvalue weighted by molar-refractivity contribution is 0.539. The summed E-state index contributed by atoms with van der Waals surface area (Å²) in [6, 6.07) is 8.19. The maximum Gasteiger partial charge on any atom is 0.263 e. The summed E-state index contributed by atoms with van der Waals surface area (Å²) in [5.74, 6) is 0.447. The van der Waals surface area contributed by atoms with E-state index in [1.54, 1.807) is 41.2 Å². The Morgan fingerprint density at radius 1 is 1.25 bits per heavy atom. The lowest BCUT2D eigenvalue weighted by Gasteiger charge is -2.13. The number of sulfonamides is 1. The Balaban J connectivity index is 2.28. The van der Waals surface area contributed by atoms with Crippen molar-refractivity contribution in [3.05, 3.63) is 42.1 Å². The van der Waals surface area contributed by atoms with Gasteiger partial charge in [0.05, 0.1) is 11.1 Å². The van der Waals surface area contributed by atoms with E-state index >= 15 is 0 Å². The molecular weight excluding hydrogens is 276 g/mol. The van der Waals surface area contributed by atoms with Crippen molar-refractivity contribution >= 4 is 15.8 Å². The van der Waals surface area contributed by atoms with Crippen LogP contribution in [-0.4, -0.2) is 18.2 Å². The van der Waals surface area contributed by atoms with Gasteiger partial charge in [-0.2, -0.15) is 5.10 Å². The van der Waals surface area contributed by atoms with Crippen molar-refractivity contribution in [2.45, 2.75) is 31.3 Å². The van der Waals surface area contributed by atoms with Crippen LogP contribution in [-0.2, 0) is 16.6 Å². The molecule has 0 radical (unpaired) electrons. The predicted octanol–water partition coefficient (Wildman–Crippen LogP) is 1.72. The summed E-state index contributed by atoms with van der Waals surface area (Å²) < 4.78 is 28.7. The van der Waals surface area contributed by atoms with Crippen LogP contribution in [0.15, 0.2) is 41.4 Å². The zero-order valence-corrected chi connectivity index (χ0v) is 12.3. The van der Waals surface area contributed by atoms with Crippen molar-refractivity contribution in [2.24, 2.45) is 5.73 Å². The molecule has 1 aromatic carbocycles. The van der Waals surface area contributed by atoms with Gasteiger partial charge in [0, 0.05) is 18.7 Å². The molecule has 0 fully saturated rings. The minimum Gasteiger partial charge on any atom is -0.326 e. The number of benzene rings is 1. The third kappa shape index (κ3) is 3.00. The Bertz CT molecular complexity index is 675. The fourth-order valence-corrected chi connectivity index (χ4v) is 2.86. The van der Waals surface area contributed by atoms with E-state index in [0.29, 0.717) is 12.4 Å². The zero-order chi connectivity index (χ0) is 14.8. The van der Waals surface area contributed by atoms with Crippen LogP contribution in [0.25, 0.3) is 0 Å². The molecule has 2 aromatic rings. The molecule has 0 aliphatic heterocycles. The number of hydrogen-bond acceptors (Lipinski definition) is 4. The topological polar surface area (TPSA) is 90.0 Å². The first-order chi connectivity index (χ1) is 9.44. The van der Waals surface area contributed by atoms with E-state index in [4.69, 9.17) is 5.73 Å². The molecule has 7 heteroatoms. The maximum absolute atomic E-state index is 12.3. The second kappa shape index (κ2) is 5.64. The summed E-state index contributed by atoms with van der Waals surface area (Å²) >= 11 is 0. The number of nitrogens with zero attached hydrogens (tertiary/aromatic N) is 2. The third-order valence-corrected chi connectivity index (χ3v) is 4.24. The summed E-state index contributed by atoms with van der Waals surface area (Å²) in [7, 11) is -3.62. The van der Waals surface area contributed by atoms with Gasteiger partial charge in [-0.05, 0) is 31.5 Å². The Kier molecular flexibility index (Phi) is 4.10. The SMILES string of the molecule is CC(C)n1nccc1NS(=O)(=O)c1ccc(CN)cc1. The monoisotopic (exact) mass is 294 g/mol. The van der Waals surface area contributed by atoms with E-state index in [0.717, 1.165) is 5.56 Å². The first kappa shape index (κ1) is 14.5. The van der Waals surface area contributed by atoms with E-state index in [1.807, 2.05) is 13.8 Å². The maximum atomic E-state index is 12.3. The summed E-state index contributed by atoms with van der Waals surface area (Å²) in [6.07, 6.45) is 1.56. The van der Waals surface area contributed by atoms with Gasteiger partial charge in [-0.1, -0.05) is 12.1 Å². The van der Waals surface area contributed by atoms with Crippen molar-refractivity contribution in [3.63, 3.8) is 0 Å². The molecule has 0 atom stereocenters. The number of hydrogen-bond donors (Lipinski definition) is 2. The smallest absolute Gasteiger partial charge is 0.263 e. The van der Waals surface area contributed by atoms with E-state index in [2.05, 4.69) is 9.82 Å². The number of anilines is 1. The molecule has 1 aromatic heterocycles. The highest BCUT2D eigenvalue weighted by molar-refractivity contribution is 7.92. The molecule has 1 heterocycles. The predicted molar refractivity (Wildman–Crippen MR) is 77.8 cm³/mol. The fraction of sp³-hybridized carbons (Fsp3) is 0.308. The van der Waals surface area contributed by atoms with Crippen LogP contribution < -0.4 is 10.5 Å². The van der Waals surface area contributed by atoms with Crippen molar-refractivity contribution < 1.29 is 8.42 Å². The molecule has 0 spiro atoms. The molecule has 20 heavy (non-hydrogen) atoms. The molecule has 6 nitrogen and oxygen atoms in total. The molecule has 0 aliphatic carbocycles. The van der Waals surface area contributed by atoms with Gasteiger partial charge in [-0.15, -0.1) is 0 Å². The average molecular weight is 294 g/mol. The van der Waals surface area contributed by atoms with Gasteiger partial charge >= 0.3 is 0 Å². The van der Waals surface area contributed by atoms with E-state index in [1.165, 1.54) is 0 Å². The van der Waals surface area contributed by atoms with Crippen LogP contribution >= 0.6 is 0 Å². The minimum atomic E-state index is -3.62. The average Bonchev–Trinajstić information content (AvgIpc) is 2.86. The van der Waals surface area contributed by atoms with Crippen LogP contribution in [0.4, 0.5) is 5.82 Å². The second-order valence-corrected chi connectivity index (χ2v) is 6.39. The van der Waals surface area contributed by atoms with Gasteiger partial charge in [-0.3, -0.25) is 4.72 Å². The van der Waals surface area contributed by atoms with Crippen molar-refractivity contribution in [3.8, 4) is 0 Å². The number of nitrogens with two attached hydrogens (primary N) is 1. The largest absolute Gasteiger partial charge is 0.326 e. The Hall–Kier alpha value is -1.86. The van der Waals surface area contributed by atoms with E-state index in [9.17, 15) is 8.42 Å². The molecule has 0 aliphatic rings. The number of rotatable bonds is 5. The highest BCUT2D eigenvalue weighted by Gasteiger charge is 2.17. The molecule has 0 saturated heterocycles. The second-order valence-electron chi connectivity index (χ2n) is 4.71. The third-order valence-electron chi connectivity index (χ3n) is 2.87. The number of aromatic nitrogens is 2. The Morgan fingerprint density at radius 2 is 1.90 bits per heavy atom. The first-order valence-corrected chi connectivity index (χ1v) is 7.77. The molecule has 0 amide bonds. The van der Waals surface area contributed by atoms with Crippen molar-refractivity contribution in [1.29, 1.82) is 0 Å². The first-order valence-electron chi connectivity index (χ1n) is 6.29. The summed E-state index contributed by atoms with van der Waals surface area (Å²) in [5, 5.41) is 4.09. The quantitative estimate of drug-likeness (QED) is 0.878. The van der Waals surface area contributed by atoms with Crippen LogP contribution in [0.2, 0.25) is 0 Å². The zero-order valence-electron chi connectivity index (χ0n) is 11.4. The van der Waals surface area contributed by atoms with Gasteiger partial charge in [0.1, 0.15) is 5.82 Å². The van der Waals surface area contributed by atoms with Gasteiger partial charge in [0.25, 0.3) is 10.0 Å². The van der Waals surface area contributed by atoms with Gasteiger partial charge in [0.15, 0.2) is 0 Å². The molecule has 0 unspecified atom stereocenters.